The number of fused-ring (bicyclic) bond motifs is 1. The smallest absolute Gasteiger partial charge is 0.259 e. The molecule has 24 heavy (non-hydrogen) atoms. The fraction of sp³-hybridized carbons (Fsp3) is 0.294. The predicted molar refractivity (Wildman–Crippen MR) is 88.3 cm³/mol. The zero-order valence-electron chi connectivity index (χ0n) is 13.0. The summed E-state index contributed by atoms with van der Waals surface area (Å²) in [5.41, 5.74) is 6.20. The highest BCUT2D eigenvalue weighted by Crippen LogP contribution is 2.39. The molecule has 1 heterocycles. The Morgan fingerprint density at radius 3 is 2.79 bits per heavy atom. The van der Waals surface area contributed by atoms with Gasteiger partial charge in [-0.2, -0.15) is 0 Å². The van der Waals surface area contributed by atoms with Crippen LogP contribution in [0.2, 0.25) is 0 Å². The number of benzene rings is 1. The van der Waals surface area contributed by atoms with Crippen molar-refractivity contribution in [1.29, 1.82) is 0 Å². The molecule has 0 aliphatic heterocycles. The van der Waals surface area contributed by atoms with Crippen LogP contribution >= 0.6 is 11.3 Å². The van der Waals surface area contributed by atoms with Gasteiger partial charge in [0, 0.05) is 4.88 Å². The number of anilines is 1. The number of halogens is 2. The van der Waals surface area contributed by atoms with Gasteiger partial charge in [-0.3, -0.25) is 9.59 Å². The number of carbonyl (C=O) groups is 2. The maximum atomic E-state index is 13.8. The molecule has 3 N–H and O–H groups in total. The average molecular weight is 350 g/mol. The molecule has 0 bridgehead atoms. The Hall–Kier alpha value is -2.28. The van der Waals surface area contributed by atoms with Crippen LogP contribution in [-0.4, -0.2) is 11.8 Å². The van der Waals surface area contributed by atoms with Gasteiger partial charge in [-0.1, -0.05) is 13.0 Å². The topological polar surface area (TPSA) is 72.2 Å². The SMILES string of the molecule is C[C@@H]1CCc2c(sc(NC(=O)c3cccc(F)c3F)c2C(N)=O)C1. The van der Waals surface area contributed by atoms with E-state index in [1.54, 1.807) is 0 Å². The molecule has 0 saturated heterocycles. The summed E-state index contributed by atoms with van der Waals surface area (Å²) in [5, 5.41) is 2.82. The van der Waals surface area contributed by atoms with E-state index in [2.05, 4.69) is 12.2 Å². The summed E-state index contributed by atoms with van der Waals surface area (Å²) in [6, 6.07) is 3.38. The molecule has 1 aliphatic rings. The summed E-state index contributed by atoms with van der Waals surface area (Å²) in [6.07, 6.45) is 2.47. The van der Waals surface area contributed by atoms with Crippen LogP contribution in [0.5, 0.6) is 0 Å². The molecule has 7 heteroatoms. The second-order valence-corrected chi connectivity index (χ2v) is 7.08. The van der Waals surface area contributed by atoms with Crippen molar-refractivity contribution in [2.75, 3.05) is 5.32 Å². The molecule has 1 aromatic heterocycles. The van der Waals surface area contributed by atoms with Crippen molar-refractivity contribution in [3.63, 3.8) is 0 Å². The number of primary amides is 1. The Morgan fingerprint density at radius 1 is 1.33 bits per heavy atom. The van der Waals surface area contributed by atoms with E-state index in [1.165, 1.54) is 23.5 Å². The zero-order chi connectivity index (χ0) is 17.4. The molecule has 1 aromatic carbocycles. The third-order valence-electron chi connectivity index (χ3n) is 4.18. The van der Waals surface area contributed by atoms with Crippen LogP contribution in [0.1, 0.15) is 44.5 Å². The molecule has 0 radical (unpaired) electrons. The lowest BCUT2D eigenvalue weighted by atomic mass is 9.88. The first-order chi connectivity index (χ1) is 11.4. The Balaban J connectivity index is 1.97. The quantitative estimate of drug-likeness (QED) is 0.889. The normalized spacial score (nSPS) is 16.5. The Kier molecular flexibility index (Phi) is 4.36. The van der Waals surface area contributed by atoms with Crippen LogP contribution in [0.25, 0.3) is 0 Å². The van der Waals surface area contributed by atoms with Gasteiger partial charge >= 0.3 is 0 Å². The molecular formula is C17H16F2N2O2S. The molecular weight excluding hydrogens is 334 g/mol. The van der Waals surface area contributed by atoms with Crippen LogP contribution in [-0.2, 0) is 12.8 Å². The molecule has 1 atom stereocenters. The maximum absolute atomic E-state index is 13.8. The van der Waals surface area contributed by atoms with Crippen molar-refractivity contribution >= 4 is 28.2 Å². The van der Waals surface area contributed by atoms with Crippen molar-refractivity contribution in [3.8, 4) is 0 Å². The van der Waals surface area contributed by atoms with Crippen LogP contribution in [0, 0.1) is 17.6 Å². The Bertz CT molecular complexity index is 832. The largest absolute Gasteiger partial charge is 0.365 e. The summed E-state index contributed by atoms with van der Waals surface area (Å²) in [4.78, 5) is 25.1. The van der Waals surface area contributed by atoms with Gasteiger partial charge in [-0.25, -0.2) is 8.78 Å². The van der Waals surface area contributed by atoms with E-state index >= 15 is 0 Å². The third kappa shape index (κ3) is 2.91. The third-order valence-corrected chi connectivity index (χ3v) is 5.35. The maximum Gasteiger partial charge on any atom is 0.259 e. The van der Waals surface area contributed by atoms with Crippen molar-refractivity contribution < 1.29 is 18.4 Å². The second-order valence-electron chi connectivity index (χ2n) is 5.98. The standard InChI is InChI=1S/C17H16F2N2O2S/c1-8-5-6-9-12(7-8)24-17(13(9)15(20)22)21-16(23)10-3-2-4-11(18)14(10)19/h2-4,8H,5-7H2,1H3,(H2,20,22)(H,21,23)/t8-/m1/s1. The fourth-order valence-electron chi connectivity index (χ4n) is 2.95. The summed E-state index contributed by atoms with van der Waals surface area (Å²) in [7, 11) is 0. The van der Waals surface area contributed by atoms with Crippen molar-refractivity contribution in [1.82, 2.24) is 0 Å². The van der Waals surface area contributed by atoms with Crippen LogP contribution in [0.3, 0.4) is 0 Å². The molecule has 126 valence electrons. The number of rotatable bonds is 3. The summed E-state index contributed by atoms with van der Waals surface area (Å²) < 4.78 is 27.1. The minimum Gasteiger partial charge on any atom is -0.365 e. The highest BCUT2D eigenvalue weighted by atomic mass is 32.1. The Morgan fingerprint density at radius 2 is 2.08 bits per heavy atom. The van der Waals surface area contributed by atoms with E-state index in [-0.39, 0.29) is 5.56 Å². The summed E-state index contributed by atoms with van der Waals surface area (Å²) >= 11 is 1.28. The van der Waals surface area contributed by atoms with E-state index in [4.69, 9.17) is 5.73 Å². The average Bonchev–Trinajstić information content (AvgIpc) is 2.86. The fourth-order valence-corrected chi connectivity index (χ4v) is 4.36. The van der Waals surface area contributed by atoms with Crippen LogP contribution in [0.4, 0.5) is 13.8 Å². The first kappa shape index (κ1) is 16.6. The number of nitrogens with two attached hydrogens (primary N) is 1. The van der Waals surface area contributed by atoms with E-state index in [1.807, 2.05) is 0 Å². The lowest BCUT2D eigenvalue weighted by molar-refractivity contribution is 0.1000. The molecule has 1 aliphatic carbocycles. The van der Waals surface area contributed by atoms with Crippen molar-refractivity contribution in [3.05, 3.63) is 51.4 Å². The number of amides is 2. The van der Waals surface area contributed by atoms with E-state index < -0.39 is 29.0 Å². The first-order valence-electron chi connectivity index (χ1n) is 7.58. The van der Waals surface area contributed by atoms with E-state index in [9.17, 15) is 18.4 Å². The van der Waals surface area contributed by atoms with Crippen molar-refractivity contribution in [2.45, 2.75) is 26.2 Å². The minimum atomic E-state index is -1.22. The van der Waals surface area contributed by atoms with Gasteiger partial charge in [0.05, 0.1) is 11.1 Å². The Labute approximate surface area is 141 Å². The minimum absolute atomic E-state index is 0.284. The number of hydrogen-bond donors (Lipinski definition) is 2. The lowest BCUT2D eigenvalue weighted by Crippen LogP contribution is -2.20. The highest BCUT2D eigenvalue weighted by Gasteiger charge is 2.28. The molecule has 0 saturated carbocycles. The van der Waals surface area contributed by atoms with Crippen LogP contribution in [0.15, 0.2) is 18.2 Å². The van der Waals surface area contributed by atoms with Gasteiger partial charge in [0.1, 0.15) is 5.00 Å². The number of thiophene rings is 1. The number of nitrogens with one attached hydrogen (secondary N) is 1. The summed E-state index contributed by atoms with van der Waals surface area (Å²) in [5.74, 6) is -3.26. The lowest BCUT2D eigenvalue weighted by Gasteiger charge is -2.18. The van der Waals surface area contributed by atoms with E-state index in [0.29, 0.717) is 10.9 Å². The molecule has 4 nitrogen and oxygen atoms in total. The van der Waals surface area contributed by atoms with Gasteiger partial charge in [-0.15, -0.1) is 11.3 Å². The molecule has 0 fully saturated rings. The molecule has 0 spiro atoms. The molecule has 0 unspecified atom stereocenters. The summed E-state index contributed by atoms with van der Waals surface area (Å²) in [6.45, 7) is 2.12. The molecule has 2 amide bonds. The molecule has 2 aromatic rings. The van der Waals surface area contributed by atoms with Gasteiger partial charge < -0.3 is 11.1 Å². The van der Waals surface area contributed by atoms with Gasteiger partial charge in [0.15, 0.2) is 11.6 Å². The van der Waals surface area contributed by atoms with Gasteiger partial charge in [-0.05, 0) is 42.9 Å². The first-order valence-corrected chi connectivity index (χ1v) is 8.39. The number of carbonyl (C=O) groups excluding carboxylic acids is 2. The van der Waals surface area contributed by atoms with Crippen LogP contribution < -0.4 is 11.1 Å². The van der Waals surface area contributed by atoms with Gasteiger partial charge in [0.2, 0.25) is 0 Å². The second kappa shape index (κ2) is 6.32. The van der Waals surface area contributed by atoms with E-state index in [0.717, 1.165) is 35.8 Å². The zero-order valence-corrected chi connectivity index (χ0v) is 13.8. The number of hydrogen-bond acceptors (Lipinski definition) is 3. The predicted octanol–water partition coefficient (Wildman–Crippen LogP) is 3.50. The molecule has 3 rings (SSSR count). The monoisotopic (exact) mass is 350 g/mol. The van der Waals surface area contributed by atoms with Crippen molar-refractivity contribution in [2.24, 2.45) is 11.7 Å². The highest BCUT2D eigenvalue weighted by molar-refractivity contribution is 7.17. The van der Waals surface area contributed by atoms with Gasteiger partial charge in [0.25, 0.3) is 11.8 Å².